The molecule has 0 aliphatic carbocycles. The molecule has 126 valence electrons. The van der Waals surface area contributed by atoms with E-state index in [4.69, 9.17) is 11.6 Å². The molecule has 0 fully saturated rings. The minimum absolute atomic E-state index is 0.733. The molecule has 0 spiro atoms. The van der Waals surface area contributed by atoms with Crippen molar-refractivity contribution in [2.75, 3.05) is 0 Å². The van der Waals surface area contributed by atoms with E-state index in [1.165, 1.54) is 10.6 Å². The van der Waals surface area contributed by atoms with Crippen molar-refractivity contribution in [3.05, 3.63) is 62.3 Å². The average molecular weight is 361 g/mol. The monoisotopic (exact) mass is 360 g/mol. The minimum atomic E-state index is 0.733. The van der Waals surface area contributed by atoms with E-state index in [-0.39, 0.29) is 0 Å². The van der Waals surface area contributed by atoms with Gasteiger partial charge in [-0.1, -0.05) is 18.5 Å². The Labute approximate surface area is 151 Å². The number of aryl methyl sites for hydroxylation is 2. The molecule has 0 aliphatic rings. The summed E-state index contributed by atoms with van der Waals surface area (Å²) < 4.78 is 1.97. The van der Waals surface area contributed by atoms with Gasteiger partial charge in [0, 0.05) is 34.7 Å². The molecule has 1 aromatic carbocycles. The van der Waals surface area contributed by atoms with E-state index >= 15 is 0 Å². The van der Waals surface area contributed by atoms with Gasteiger partial charge < -0.3 is 5.32 Å². The highest BCUT2D eigenvalue weighted by Crippen LogP contribution is 2.19. The van der Waals surface area contributed by atoms with Crippen LogP contribution in [-0.2, 0) is 19.5 Å². The highest BCUT2D eigenvalue weighted by molar-refractivity contribution is 7.09. The Balaban J connectivity index is 1.71. The summed E-state index contributed by atoms with van der Waals surface area (Å²) in [7, 11) is 0. The molecule has 2 aromatic heterocycles. The first-order chi connectivity index (χ1) is 11.6. The van der Waals surface area contributed by atoms with Crippen molar-refractivity contribution in [2.45, 2.75) is 40.3 Å². The molecule has 0 saturated carbocycles. The SMILES string of the molecule is CCc1nc(CNCc2c(C)nn(-c3ccc(Cl)cc3)c2C)cs1. The zero-order chi connectivity index (χ0) is 17.1. The molecule has 3 rings (SSSR count). The second kappa shape index (κ2) is 7.47. The van der Waals surface area contributed by atoms with Gasteiger partial charge in [-0.2, -0.15) is 5.10 Å². The van der Waals surface area contributed by atoms with Gasteiger partial charge in [-0.3, -0.25) is 0 Å². The molecule has 0 aliphatic heterocycles. The van der Waals surface area contributed by atoms with E-state index in [0.717, 1.165) is 47.3 Å². The van der Waals surface area contributed by atoms with E-state index < -0.39 is 0 Å². The van der Waals surface area contributed by atoms with Gasteiger partial charge in [-0.15, -0.1) is 11.3 Å². The van der Waals surface area contributed by atoms with E-state index in [2.05, 4.69) is 41.6 Å². The Morgan fingerprint density at radius 1 is 1.17 bits per heavy atom. The average Bonchev–Trinajstić information content (AvgIpc) is 3.15. The molecule has 0 saturated heterocycles. The first-order valence-corrected chi connectivity index (χ1v) is 9.29. The van der Waals surface area contributed by atoms with Crippen molar-refractivity contribution >= 4 is 22.9 Å². The van der Waals surface area contributed by atoms with Crippen molar-refractivity contribution in [1.82, 2.24) is 20.1 Å². The lowest BCUT2D eigenvalue weighted by Crippen LogP contribution is -2.14. The molecule has 0 atom stereocenters. The summed E-state index contributed by atoms with van der Waals surface area (Å²) in [5.41, 5.74) is 5.56. The zero-order valence-electron chi connectivity index (χ0n) is 14.1. The normalized spacial score (nSPS) is 11.2. The summed E-state index contributed by atoms with van der Waals surface area (Å²) in [5.74, 6) is 0. The quantitative estimate of drug-likeness (QED) is 0.706. The van der Waals surface area contributed by atoms with Crippen molar-refractivity contribution in [1.29, 1.82) is 0 Å². The summed E-state index contributed by atoms with van der Waals surface area (Å²) in [5, 5.41) is 12.2. The van der Waals surface area contributed by atoms with Gasteiger partial charge in [-0.25, -0.2) is 9.67 Å². The third-order valence-electron chi connectivity index (χ3n) is 4.02. The number of nitrogens with zero attached hydrogens (tertiary/aromatic N) is 3. The van der Waals surface area contributed by atoms with Crippen LogP contribution < -0.4 is 5.32 Å². The smallest absolute Gasteiger partial charge is 0.0926 e. The molecule has 2 heterocycles. The maximum atomic E-state index is 5.97. The maximum Gasteiger partial charge on any atom is 0.0926 e. The molecule has 0 unspecified atom stereocenters. The lowest BCUT2D eigenvalue weighted by atomic mass is 10.2. The largest absolute Gasteiger partial charge is 0.307 e. The lowest BCUT2D eigenvalue weighted by Gasteiger charge is -2.06. The Morgan fingerprint density at radius 2 is 1.92 bits per heavy atom. The van der Waals surface area contributed by atoms with Crippen LogP contribution in [0.15, 0.2) is 29.6 Å². The molecule has 24 heavy (non-hydrogen) atoms. The van der Waals surface area contributed by atoms with Crippen LogP contribution in [0, 0.1) is 13.8 Å². The molecule has 0 radical (unpaired) electrons. The summed E-state index contributed by atoms with van der Waals surface area (Å²) in [6.45, 7) is 7.85. The number of benzene rings is 1. The Bertz CT molecular complexity index is 820. The van der Waals surface area contributed by atoms with Crippen LogP contribution in [0.25, 0.3) is 5.69 Å². The van der Waals surface area contributed by atoms with Crippen LogP contribution in [0.4, 0.5) is 0 Å². The first-order valence-electron chi connectivity index (χ1n) is 8.03. The molecular weight excluding hydrogens is 340 g/mol. The predicted octanol–water partition coefficient (Wildman–Crippen LogP) is 4.45. The first kappa shape index (κ1) is 17.1. The maximum absolute atomic E-state index is 5.97. The van der Waals surface area contributed by atoms with Crippen molar-refractivity contribution in [3.8, 4) is 5.69 Å². The van der Waals surface area contributed by atoms with E-state index in [9.17, 15) is 0 Å². The second-order valence-electron chi connectivity index (χ2n) is 5.73. The standard InChI is InChI=1S/C18H21ClN4S/c1-4-18-21-15(11-24-18)9-20-10-17-12(2)22-23(13(17)3)16-7-5-14(19)6-8-16/h5-8,11,20H,4,9-10H2,1-3H3. The number of hydrogen-bond acceptors (Lipinski definition) is 4. The van der Waals surface area contributed by atoms with Crippen LogP contribution in [0.2, 0.25) is 5.02 Å². The molecule has 0 amide bonds. The number of rotatable bonds is 6. The summed E-state index contributed by atoms with van der Waals surface area (Å²) >= 11 is 7.70. The van der Waals surface area contributed by atoms with Gasteiger partial charge in [0.15, 0.2) is 0 Å². The summed E-state index contributed by atoms with van der Waals surface area (Å²) in [4.78, 5) is 4.59. The van der Waals surface area contributed by atoms with E-state index in [1.807, 2.05) is 28.9 Å². The van der Waals surface area contributed by atoms with Crippen molar-refractivity contribution < 1.29 is 0 Å². The number of thiazole rings is 1. The minimum Gasteiger partial charge on any atom is -0.307 e. The van der Waals surface area contributed by atoms with Crippen LogP contribution >= 0.6 is 22.9 Å². The van der Waals surface area contributed by atoms with Crippen LogP contribution in [0.5, 0.6) is 0 Å². The third-order valence-corrected chi connectivity index (χ3v) is 5.32. The Hall–Kier alpha value is -1.69. The predicted molar refractivity (Wildman–Crippen MR) is 100 cm³/mol. The second-order valence-corrected chi connectivity index (χ2v) is 7.11. The molecule has 4 nitrogen and oxygen atoms in total. The van der Waals surface area contributed by atoms with Gasteiger partial charge in [0.2, 0.25) is 0 Å². The summed E-state index contributed by atoms with van der Waals surface area (Å²) in [6.07, 6.45) is 0.997. The summed E-state index contributed by atoms with van der Waals surface area (Å²) in [6, 6.07) is 7.75. The molecule has 0 bridgehead atoms. The highest BCUT2D eigenvalue weighted by atomic mass is 35.5. The number of hydrogen-bond donors (Lipinski definition) is 1. The highest BCUT2D eigenvalue weighted by Gasteiger charge is 2.12. The Kier molecular flexibility index (Phi) is 5.33. The van der Waals surface area contributed by atoms with Gasteiger partial charge in [0.1, 0.15) is 0 Å². The number of nitrogens with one attached hydrogen (secondary N) is 1. The van der Waals surface area contributed by atoms with Gasteiger partial charge in [0.25, 0.3) is 0 Å². The topological polar surface area (TPSA) is 42.7 Å². The van der Waals surface area contributed by atoms with Gasteiger partial charge in [-0.05, 0) is 44.5 Å². The number of halogens is 1. The molecule has 3 aromatic rings. The van der Waals surface area contributed by atoms with Crippen LogP contribution in [0.3, 0.4) is 0 Å². The lowest BCUT2D eigenvalue weighted by molar-refractivity contribution is 0.675. The molecular formula is C18H21ClN4S. The van der Waals surface area contributed by atoms with Gasteiger partial charge in [0.05, 0.1) is 22.1 Å². The molecule has 1 N–H and O–H groups in total. The Morgan fingerprint density at radius 3 is 2.58 bits per heavy atom. The fraction of sp³-hybridized carbons (Fsp3) is 0.333. The van der Waals surface area contributed by atoms with Gasteiger partial charge >= 0.3 is 0 Å². The fourth-order valence-corrected chi connectivity index (χ4v) is 3.54. The van der Waals surface area contributed by atoms with Crippen LogP contribution in [0.1, 0.15) is 34.6 Å². The van der Waals surface area contributed by atoms with Crippen molar-refractivity contribution in [3.63, 3.8) is 0 Å². The third kappa shape index (κ3) is 3.69. The van der Waals surface area contributed by atoms with E-state index in [0.29, 0.717) is 0 Å². The van der Waals surface area contributed by atoms with Crippen molar-refractivity contribution in [2.24, 2.45) is 0 Å². The van der Waals surface area contributed by atoms with Crippen LogP contribution in [-0.4, -0.2) is 14.8 Å². The number of aromatic nitrogens is 3. The van der Waals surface area contributed by atoms with E-state index in [1.54, 1.807) is 11.3 Å². The fourth-order valence-electron chi connectivity index (χ4n) is 2.67. The molecule has 6 heteroatoms. The zero-order valence-corrected chi connectivity index (χ0v) is 15.7.